The number of H-pyrrole nitrogens is 1. The van der Waals surface area contributed by atoms with Gasteiger partial charge in [-0.25, -0.2) is 19.8 Å². The molecule has 8 heteroatoms. The predicted octanol–water partition coefficient (Wildman–Crippen LogP) is 4.64. The molecule has 2 N–H and O–H groups in total. The fourth-order valence-electron chi connectivity index (χ4n) is 3.81. The third-order valence-corrected chi connectivity index (χ3v) is 5.34. The largest absolute Gasteiger partial charge is 0.354 e. The van der Waals surface area contributed by atoms with Crippen LogP contribution in [0.2, 0.25) is 0 Å². The van der Waals surface area contributed by atoms with Gasteiger partial charge in [0.25, 0.3) is 0 Å². The SMILES string of the molecule is CC(C)=NC(=O)N1CC=C(c2cc3c(Nc4ccc5nccn5c4)ccnc3[nH]2)CC1. The number of hydrogen-bond acceptors (Lipinski definition) is 4. The Hall–Kier alpha value is -3.94. The third kappa shape index (κ3) is 3.79. The summed E-state index contributed by atoms with van der Waals surface area (Å²) in [5.41, 5.74) is 6.68. The lowest BCUT2D eigenvalue weighted by molar-refractivity contribution is 0.213. The molecule has 0 saturated heterocycles. The Kier molecular flexibility index (Phi) is 4.74. The second-order valence-electron chi connectivity index (χ2n) is 7.81. The topological polar surface area (TPSA) is 90.7 Å². The number of urea groups is 1. The molecule has 1 aliphatic heterocycles. The van der Waals surface area contributed by atoms with E-state index < -0.39 is 0 Å². The number of fused-ring (bicyclic) bond motifs is 2. The minimum atomic E-state index is -0.171. The number of carbonyl (C=O) groups excluding carboxylic acids is 1. The average molecular weight is 413 g/mol. The first-order valence-corrected chi connectivity index (χ1v) is 10.2. The molecule has 0 radical (unpaired) electrons. The number of imidazole rings is 1. The Balaban J connectivity index is 1.40. The van der Waals surface area contributed by atoms with E-state index in [0.29, 0.717) is 13.1 Å². The van der Waals surface area contributed by atoms with Gasteiger partial charge in [-0.15, -0.1) is 0 Å². The molecular weight excluding hydrogens is 390 g/mol. The Bertz CT molecular complexity index is 1340. The summed E-state index contributed by atoms with van der Waals surface area (Å²) in [6.07, 6.45) is 10.4. The molecule has 4 aromatic heterocycles. The molecule has 0 atom stereocenters. The Morgan fingerprint density at radius 2 is 2.10 bits per heavy atom. The molecule has 0 saturated carbocycles. The summed E-state index contributed by atoms with van der Waals surface area (Å²) in [6, 6.07) is 7.91. The smallest absolute Gasteiger partial charge is 0.343 e. The van der Waals surface area contributed by atoms with E-state index in [1.54, 1.807) is 17.3 Å². The van der Waals surface area contributed by atoms with E-state index in [9.17, 15) is 4.79 Å². The molecule has 2 amide bonds. The predicted molar refractivity (Wildman–Crippen MR) is 123 cm³/mol. The minimum Gasteiger partial charge on any atom is -0.354 e. The second kappa shape index (κ2) is 7.71. The van der Waals surface area contributed by atoms with Crippen LogP contribution in [0.15, 0.2) is 60.1 Å². The highest BCUT2D eigenvalue weighted by molar-refractivity contribution is 5.95. The zero-order valence-electron chi connectivity index (χ0n) is 17.5. The monoisotopic (exact) mass is 413 g/mol. The number of hydrogen-bond donors (Lipinski definition) is 2. The zero-order chi connectivity index (χ0) is 21.4. The number of aliphatic imine (C=N–C) groups is 1. The van der Waals surface area contributed by atoms with Crippen molar-refractivity contribution in [2.24, 2.45) is 4.99 Å². The normalized spacial score (nSPS) is 14.0. The van der Waals surface area contributed by atoms with Crippen LogP contribution in [0.25, 0.3) is 22.3 Å². The van der Waals surface area contributed by atoms with E-state index in [1.165, 1.54) is 5.57 Å². The van der Waals surface area contributed by atoms with Crippen molar-refractivity contribution >= 4 is 45.4 Å². The number of aromatic amines is 1. The van der Waals surface area contributed by atoms with Crippen molar-refractivity contribution in [3.05, 3.63) is 60.8 Å². The zero-order valence-corrected chi connectivity index (χ0v) is 17.5. The van der Waals surface area contributed by atoms with E-state index in [1.807, 2.05) is 48.8 Å². The van der Waals surface area contributed by atoms with Gasteiger partial charge in [0.1, 0.15) is 11.3 Å². The number of nitrogens with zero attached hydrogens (tertiary/aromatic N) is 5. The molecule has 5 heterocycles. The standard InChI is InChI=1S/C23H23N7O/c1-15(2)26-23(31)29-10-6-16(7-11-29)20-13-18-19(5-8-25-22(18)28-20)27-17-3-4-21-24-9-12-30(21)14-17/h3-6,8-9,12-14H,7,10-11H2,1-2H3,(H2,25,27,28). The number of rotatable bonds is 3. The summed E-state index contributed by atoms with van der Waals surface area (Å²) in [4.78, 5) is 30.2. The Morgan fingerprint density at radius 3 is 2.90 bits per heavy atom. The van der Waals surface area contributed by atoms with Crippen molar-refractivity contribution in [1.82, 2.24) is 24.3 Å². The van der Waals surface area contributed by atoms with Crippen LogP contribution in [-0.4, -0.2) is 49.1 Å². The number of aromatic nitrogens is 4. The lowest BCUT2D eigenvalue weighted by atomic mass is 10.0. The summed E-state index contributed by atoms with van der Waals surface area (Å²) >= 11 is 0. The van der Waals surface area contributed by atoms with Crippen molar-refractivity contribution in [2.75, 3.05) is 18.4 Å². The number of carbonyl (C=O) groups is 1. The van der Waals surface area contributed by atoms with E-state index in [4.69, 9.17) is 0 Å². The molecule has 8 nitrogen and oxygen atoms in total. The van der Waals surface area contributed by atoms with Crippen LogP contribution in [0.4, 0.5) is 16.2 Å². The molecule has 0 spiro atoms. The second-order valence-corrected chi connectivity index (χ2v) is 7.81. The molecule has 0 unspecified atom stereocenters. The first-order valence-electron chi connectivity index (χ1n) is 10.2. The lowest BCUT2D eigenvalue weighted by Gasteiger charge is -2.24. The first kappa shape index (κ1) is 19.0. The summed E-state index contributed by atoms with van der Waals surface area (Å²) in [5, 5.41) is 4.51. The first-order chi connectivity index (χ1) is 15.1. The van der Waals surface area contributed by atoms with Gasteiger partial charge in [-0.3, -0.25) is 0 Å². The van der Waals surface area contributed by atoms with Crippen LogP contribution in [-0.2, 0) is 0 Å². The highest BCUT2D eigenvalue weighted by Gasteiger charge is 2.19. The van der Waals surface area contributed by atoms with Gasteiger partial charge in [0.2, 0.25) is 0 Å². The van der Waals surface area contributed by atoms with Gasteiger partial charge < -0.3 is 19.6 Å². The van der Waals surface area contributed by atoms with Crippen molar-refractivity contribution in [3.8, 4) is 0 Å². The molecule has 5 rings (SSSR count). The van der Waals surface area contributed by atoms with Gasteiger partial charge >= 0.3 is 6.03 Å². The summed E-state index contributed by atoms with van der Waals surface area (Å²) in [6.45, 7) is 4.88. The number of nitrogens with one attached hydrogen (secondary N) is 2. The van der Waals surface area contributed by atoms with Crippen molar-refractivity contribution in [3.63, 3.8) is 0 Å². The lowest BCUT2D eigenvalue weighted by Crippen LogP contribution is -2.32. The summed E-state index contributed by atoms with van der Waals surface area (Å²) in [7, 11) is 0. The average Bonchev–Trinajstić information content (AvgIpc) is 3.40. The van der Waals surface area contributed by atoms with Crippen molar-refractivity contribution in [2.45, 2.75) is 20.3 Å². The maximum atomic E-state index is 12.2. The number of amides is 2. The van der Waals surface area contributed by atoms with Crippen LogP contribution < -0.4 is 5.32 Å². The molecule has 0 aliphatic carbocycles. The van der Waals surface area contributed by atoms with Gasteiger partial charge in [-0.1, -0.05) is 6.08 Å². The molecule has 4 aromatic rings. The van der Waals surface area contributed by atoms with Gasteiger partial charge in [0.15, 0.2) is 0 Å². The molecule has 31 heavy (non-hydrogen) atoms. The van der Waals surface area contributed by atoms with E-state index in [-0.39, 0.29) is 6.03 Å². The van der Waals surface area contributed by atoms with E-state index in [0.717, 1.165) is 45.9 Å². The summed E-state index contributed by atoms with van der Waals surface area (Å²) in [5.74, 6) is 0. The van der Waals surface area contributed by atoms with Gasteiger partial charge in [0, 0.05) is 54.7 Å². The van der Waals surface area contributed by atoms with Crippen LogP contribution in [0.5, 0.6) is 0 Å². The molecule has 0 aromatic carbocycles. The van der Waals surface area contributed by atoms with E-state index >= 15 is 0 Å². The molecule has 156 valence electrons. The molecule has 0 fully saturated rings. The highest BCUT2D eigenvalue weighted by atomic mass is 16.2. The highest BCUT2D eigenvalue weighted by Crippen LogP contribution is 2.30. The Labute approximate surface area is 179 Å². The maximum absolute atomic E-state index is 12.2. The summed E-state index contributed by atoms with van der Waals surface area (Å²) < 4.78 is 1.98. The van der Waals surface area contributed by atoms with E-state index in [2.05, 4.69) is 37.4 Å². The maximum Gasteiger partial charge on any atom is 0.343 e. The van der Waals surface area contributed by atoms with Gasteiger partial charge in [0.05, 0.1) is 11.4 Å². The Morgan fingerprint density at radius 1 is 1.19 bits per heavy atom. The van der Waals surface area contributed by atoms with Crippen molar-refractivity contribution in [1.29, 1.82) is 0 Å². The van der Waals surface area contributed by atoms with Crippen LogP contribution in [0.3, 0.4) is 0 Å². The fourth-order valence-corrected chi connectivity index (χ4v) is 3.81. The number of pyridine rings is 2. The fraction of sp³-hybridized carbons (Fsp3) is 0.217. The minimum absolute atomic E-state index is 0.171. The van der Waals surface area contributed by atoms with Gasteiger partial charge in [-0.2, -0.15) is 0 Å². The number of anilines is 2. The quantitative estimate of drug-likeness (QED) is 0.479. The van der Waals surface area contributed by atoms with Gasteiger partial charge in [-0.05, 0) is 50.1 Å². The molecular formula is C23H23N7O. The van der Waals surface area contributed by atoms with Crippen LogP contribution in [0.1, 0.15) is 26.0 Å². The molecule has 0 bridgehead atoms. The van der Waals surface area contributed by atoms with Crippen molar-refractivity contribution < 1.29 is 4.79 Å². The third-order valence-electron chi connectivity index (χ3n) is 5.34. The molecule has 1 aliphatic rings. The van der Waals surface area contributed by atoms with Crippen LogP contribution in [0, 0.1) is 0 Å². The van der Waals surface area contributed by atoms with Crippen LogP contribution >= 0.6 is 0 Å².